The third kappa shape index (κ3) is 3.05. The van der Waals surface area contributed by atoms with E-state index >= 15 is 0 Å². The fraction of sp³-hybridized carbons (Fsp3) is 0.318. The van der Waals surface area contributed by atoms with Gasteiger partial charge in [-0.05, 0) is 73.8 Å². The largest absolute Gasteiger partial charge is 0.489 e. The molecular formula is C22H23N3O3. The number of hydrogen-bond donors (Lipinski definition) is 0. The smallest absolute Gasteiger partial charge is 0.144 e. The van der Waals surface area contributed by atoms with Gasteiger partial charge in [0.15, 0.2) is 0 Å². The zero-order valence-electron chi connectivity index (χ0n) is 16.5. The van der Waals surface area contributed by atoms with Crippen LogP contribution in [0.3, 0.4) is 0 Å². The van der Waals surface area contributed by atoms with E-state index in [1.54, 1.807) is 12.5 Å². The van der Waals surface area contributed by atoms with Crippen LogP contribution in [0.2, 0.25) is 0 Å². The second kappa shape index (κ2) is 6.78. The van der Waals surface area contributed by atoms with Gasteiger partial charge in [-0.1, -0.05) is 0 Å². The Morgan fingerprint density at radius 3 is 2.57 bits per heavy atom. The summed E-state index contributed by atoms with van der Waals surface area (Å²) in [5, 5.41) is 3.24. The van der Waals surface area contributed by atoms with Crippen molar-refractivity contribution in [2.75, 3.05) is 6.61 Å². The van der Waals surface area contributed by atoms with Crippen LogP contribution in [0.15, 0.2) is 48.2 Å². The summed E-state index contributed by atoms with van der Waals surface area (Å²) >= 11 is 0. The maximum atomic E-state index is 11.3. The van der Waals surface area contributed by atoms with Crippen molar-refractivity contribution >= 4 is 5.69 Å². The molecule has 2 aromatic carbocycles. The van der Waals surface area contributed by atoms with Crippen LogP contribution < -0.4 is 9.47 Å². The van der Waals surface area contributed by atoms with Crippen molar-refractivity contribution in [1.29, 1.82) is 0 Å². The molecule has 0 spiro atoms. The zero-order chi connectivity index (χ0) is 19.9. The first-order valence-electron chi connectivity index (χ1n) is 9.28. The average Bonchev–Trinajstić information content (AvgIpc) is 3.34. The standard InChI is InChI=1S/C22H23N3O3/c1-14-15(2)21-19(16(3)20(14)24-26)11-22(4,28-21)12-27-18-7-5-17(6-8-18)25-10-9-23-13-25/h5-10,13H,11-12H2,1-4H3. The molecule has 0 saturated heterocycles. The molecule has 6 nitrogen and oxygen atoms in total. The van der Waals surface area contributed by atoms with Crippen LogP contribution in [0.4, 0.5) is 5.69 Å². The average molecular weight is 377 g/mol. The summed E-state index contributed by atoms with van der Waals surface area (Å²) in [4.78, 5) is 15.3. The minimum absolute atomic E-state index is 0.411. The van der Waals surface area contributed by atoms with Crippen LogP contribution in [-0.4, -0.2) is 21.8 Å². The fourth-order valence-corrected chi connectivity index (χ4v) is 3.76. The zero-order valence-corrected chi connectivity index (χ0v) is 16.5. The molecule has 1 aliphatic rings. The van der Waals surface area contributed by atoms with E-state index in [-0.39, 0.29) is 0 Å². The van der Waals surface area contributed by atoms with Gasteiger partial charge >= 0.3 is 0 Å². The normalized spacial score (nSPS) is 17.9. The molecule has 0 fully saturated rings. The molecule has 0 radical (unpaired) electrons. The maximum Gasteiger partial charge on any atom is 0.144 e. The fourth-order valence-electron chi connectivity index (χ4n) is 3.76. The molecule has 0 saturated carbocycles. The highest BCUT2D eigenvalue weighted by molar-refractivity contribution is 5.66. The van der Waals surface area contributed by atoms with E-state index in [1.165, 1.54) is 0 Å². The second-order valence-corrected chi connectivity index (χ2v) is 7.60. The molecule has 144 valence electrons. The van der Waals surface area contributed by atoms with Crippen molar-refractivity contribution in [3.63, 3.8) is 0 Å². The van der Waals surface area contributed by atoms with Gasteiger partial charge in [-0.25, -0.2) is 4.98 Å². The lowest BCUT2D eigenvalue weighted by atomic mass is 9.92. The second-order valence-electron chi connectivity index (χ2n) is 7.60. The number of fused-ring (bicyclic) bond motifs is 1. The molecule has 28 heavy (non-hydrogen) atoms. The Labute approximate surface area is 164 Å². The van der Waals surface area contributed by atoms with E-state index in [1.807, 2.05) is 62.7 Å². The number of imidazole rings is 1. The number of nitrogens with zero attached hydrogens (tertiary/aromatic N) is 3. The van der Waals surface area contributed by atoms with Gasteiger partial charge in [-0.2, -0.15) is 0 Å². The Morgan fingerprint density at radius 1 is 1.18 bits per heavy atom. The summed E-state index contributed by atoms with van der Waals surface area (Å²) in [5.41, 5.74) is 4.88. The van der Waals surface area contributed by atoms with E-state index in [9.17, 15) is 4.91 Å². The molecule has 1 atom stereocenters. The van der Waals surface area contributed by atoms with E-state index in [4.69, 9.17) is 9.47 Å². The number of rotatable bonds is 5. The van der Waals surface area contributed by atoms with Crippen molar-refractivity contribution in [1.82, 2.24) is 9.55 Å². The first kappa shape index (κ1) is 18.2. The highest BCUT2D eigenvalue weighted by atomic mass is 16.5. The Morgan fingerprint density at radius 2 is 1.93 bits per heavy atom. The van der Waals surface area contributed by atoms with Crippen LogP contribution in [-0.2, 0) is 6.42 Å². The topological polar surface area (TPSA) is 65.7 Å². The first-order valence-corrected chi connectivity index (χ1v) is 9.28. The summed E-state index contributed by atoms with van der Waals surface area (Å²) in [6.45, 7) is 8.27. The van der Waals surface area contributed by atoms with Gasteiger partial charge in [-0.15, -0.1) is 4.91 Å². The van der Waals surface area contributed by atoms with Gasteiger partial charge in [0, 0.05) is 30.1 Å². The number of benzene rings is 2. The van der Waals surface area contributed by atoms with Crippen LogP contribution in [0.25, 0.3) is 5.69 Å². The molecule has 4 rings (SSSR count). The molecule has 2 heterocycles. The number of ether oxygens (including phenoxy) is 2. The van der Waals surface area contributed by atoms with Gasteiger partial charge in [0.05, 0.1) is 6.33 Å². The van der Waals surface area contributed by atoms with E-state index < -0.39 is 5.60 Å². The van der Waals surface area contributed by atoms with Gasteiger partial charge in [0.1, 0.15) is 29.4 Å². The third-order valence-electron chi connectivity index (χ3n) is 5.51. The lowest BCUT2D eigenvalue weighted by Crippen LogP contribution is -2.37. The van der Waals surface area contributed by atoms with Gasteiger partial charge in [0.25, 0.3) is 0 Å². The van der Waals surface area contributed by atoms with Gasteiger partial charge in [0.2, 0.25) is 0 Å². The number of nitroso groups, excluding NO2 is 1. The summed E-state index contributed by atoms with van der Waals surface area (Å²) < 4.78 is 14.3. The molecule has 0 N–H and O–H groups in total. The SMILES string of the molecule is Cc1c(C)c2c(c(C)c1N=O)CC(C)(COc1ccc(-n3ccnc3)cc1)O2. The summed E-state index contributed by atoms with van der Waals surface area (Å²) in [7, 11) is 0. The van der Waals surface area contributed by atoms with Crippen LogP contribution in [0.5, 0.6) is 11.5 Å². The lowest BCUT2D eigenvalue weighted by Gasteiger charge is -2.24. The molecule has 3 aromatic rings. The Hall–Kier alpha value is -3.15. The summed E-state index contributed by atoms with van der Waals surface area (Å²) in [6.07, 6.45) is 6.09. The Bertz CT molecular complexity index is 1030. The predicted octanol–water partition coefficient (Wildman–Crippen LogP) is 4.97. The summed E-state index contributed by atoms with van der Waals surface area (Å²) in [6, 6.07) is 7.86. The van der Waals surface area contributed by atoms with Gasteiger partial charge < -0.3 is 14.0 Å². The molecule has 0 aliphatic carbocycles. The molecule has 1 aromatic heterocycles. The first-order chi connectivity index (χ1) is 13.4. The number of aromatic nitrogens is 2. The third-order valence-corrected chi connectivity index (χ3v) is 5.51. The van der Waals surface area contributed by atoms with Crippen molar-refractivity contribution in [2.45, 2.75) is 39.7 Å². The van der Waals surface area contributed by atoms with Crippen molar-refractivity contribution < 1.29 is 9.47 Å². The van der Waals surface area contributed by atoms with Crippen LogP contribution in [0, 0.1) is 25.7 Å². The number of hydrogen-bond acceptors (Lipinski definition) is 5. The Balaban J connectivity index is 1.50. The lowest BCUT2D eigenvalue weighted by molar-refractivity contribution is 0.0553. The Kier molecular flexibility index (Phi) is 4.41. The minimum atomic E-state index is -0.491. The highest BCUT2D eigenvalue weighted by Gasteiger charge is 2.39. The summed E-state index contributed by atoms with van der Waals surface area (Å²) in [5.74, 6) is 1.65. The molecule has 1 aliphatic heterocycles. The molecular weight excluding hydrogens is 354 g/mol. The highest BCUT2D eigenvalue weighted by Crippen LogP contribution is 2.45. The van der Waals surface area contributed by atoms with Crippen LogP contribution in [0.1, 0.15) is 29.2 Å². The molecule has 6 heteroatoms. The maximum absolute atomic E-state index is 11.3. The van der Waals surface area contributed by atoms with Crippen LogP contribution >= 0.6 is 0 Å². The quantitative estimate of drug-likeness (QED) is 0.589. The van der Waals surface area contributed by atoms with Crippen molar-refractivity contribution in [3.8, 4) is 17.2 Å². The van der Waals surface area contributed by atoms with E-state index in [2.05, 4.69) is 10.2 Å². The molecule has 1 unspecified atom stereocenters. The minimum Gasteiger partial charge on any atom is -0.489 e. The monoisotopic (exact) mass is 377 g/mol. The van der Waals surface area contributed by atoms with Crippen molar-refractivity contribution in [3.05, 3.63) is 70.1 Å². The predicted molar refractivity (Wildman–Crippen MR) is 108 cm³/mol. The van der Waals surface area contributed by atoms with Crippen molar-refractivity contribution in [2.24, 2.45) is 5.18 Å². The molecule has 0 bridgehead atoms. The molecule has 0 amide bonds. The van der Waals surface area contributed by atoms with E-state index in [0.717, 1.165) is 39.4 Å². The van der Waals surface area contributed by atoms with E-state index in [0.29, 0.717) is 18.7 Å². The van der Waals surface area contributed by atoms with Gasteiger partial charge in [-0.3, -0.25) is 0 Å².